The van der Waals surface area contributed by atoms with Gasteiger partial charge in [-0.2, -0.15) is 0 Å². The molecule has 2 heterocycles. The van der Waals surface area contributed by atoms with Gasteiger partial charge in [-0.15, -0.1) is 24.9 Å². The summed E-state index contributed by atoms with van der Waals surface area (Å²) < 4.78 is 42.1. The summed E-state index contributed by atoms with van der Waals surface area (Å²) in [5.41, 5.74) is 2.90. The topological polar surface area (TPSA) is 53.1 Å². The number of ether oxygens (including phenoxy) is 1. The van der Waals surface area contributed by atoms with Crippen molar-refractivity contribution in [1.82, 2.24) is 14.7 Å². The van der Waals surface area contributed by atoms with E-state index in [0.29, 0.717) is 31.7 Å². The molecule has 0 saturated carbocycles. The van der Waals surface area contributed by atoms with Crippen LogP contribution in [0.1, 0.15) is 34.5 Å². The van der Waals surface area contributed by atoms with E-state index in [1.54, 1.807) is 13.1 Å². The highest BCUT2D eigenvalue weighted by atomic mass is 32.2. The van der Waals surface area contributed by atoms with Crippen LogP contribution in [0.25, 0.3) is 0 Å². The van der Waals surface area contributed by atoms with Crippen molar-refractivity contribution in [2.24, 2.45) is 0 Å². The number of benzene rings is 3. The molecule has 2 fully saturated rings. The molecule has 10 heteroatoms. The third-order valence-corrected chi connectivity index (χ3v) is 8.81. The van der Waals surface area contributed by atoms with Gasteiger partial charge < -0.3 is 14.5 Å². The molecule has 0 radical (unpaired) electrons. The van der Waals surface area contributed by atoms with Crippen LogP contribution in [-0.4, -0.2) is 71.4 Å². The number of hydrogen-bond donors (Lipinski definition) is 0. The van der Waals surface area contributed by atoms with E-state index in [2.05, 4.69) is 33.9 Å². The van der Waals surface area contributed by atoms with Crippen LogP contribution in [0.4, 0.5) is 13.2 Å². The minimum Gasteiger partial charge on any atom is -0.406 e. The van der Waals surface area contributed by atoms with Gasteiger partial charge >= 0.3 is 6.36 Å². The second-order valence-electron chi connectivity index (χ2n) is 9.89. The lowest BCUT2D eigenvalue weighted by atomic mass is 9.96. The maximum absolute atomic E-state index is 13.3. The maximum Gasteiger partial charge on any atom is 0.573 e. The molecule has 0 aliphatic carbocycles. The van der Waals surface area contributed by atoms with Gasteiger partial charge in [0.05, 0.1) is 11.3 Å². The first kappa shape index (κ1) is 28.0. The molecular weight excluding hydrogens is 539 g/mol. The minimum absolute atomic E-state index is 0.0455. The molecule has 2 atom stereocenters. The van der Waals surface area contributed by atoms with Crippen LogP contribution in [-0.2, 0) is 9.59 Å². The maximum atomic E-state index is 13.3. The predicted molar refractivity (Wildman–Crippen MR) is 148 cm³/mol. The van der Waals surface area contributed by atoms with Crippen LogP contribution < -0.4 is 4.74 Å². The van der Waals surface area contributed by atoms with E-state index in [1.165, 1.54) is 46.0 Å². The van der Waals surface area contributed by atoms with Crippen LogP contribution in [0.5, 0.6) is 5.75 Å². The van der Waals surface area contributed by atoms with E-state index in [-0.39, 0.29) is 30.0 Å². The minimum atomic E-state index is -4.80. The summed E-state index contributed by atoms with van der Waals surface area (Å²) in [4.78, 5) is 31.9. The molecular formula is C30H30F3N3O3S. The molecule has 3 aromatic carbocycles. The van der Waals surface area contributed by atoms with Crippen molar-refractivity contribution >= 4 is 23.6 Å². The second-order valence-corrected chi connectivity index (χ2v) is 11.2. The Morgan fingerprint density at radius 3 is 2.10 bits per heavy atom. The van der Waals surface area contributed by atoms with E-state index in [0.717, 1.165) is 0 Å². The number of amides is 2. The van der Waals surface area contributed by atoms with Crippen molar-refractivity contribution in [2.45, 2.75) is 29.4 Å². The highest BCUT2D eigenvalue weighted by molar-refractivity contribution is 8.01. The van der Waals surface area contributed by atoms with Crippen molar-refractivity contribution in [3.63, 3.8) is 0 Å². The first-order chi connectivity index (χ1) is 19.2. The van der Waals surface area contributed by atoms with Crippen molar-refractivity contribution < 1.29 is 27.5 Å². The third-order valence-electron chi connectivity index (χ3n) is 7.27. The fraction of sp³-hybridized carbons (Fsp3) is 0.333. The Morgan fingerprint density at radius 1 is 0.925 bits per heavy atom. The van der Waals surface area contributed by atoms with Crippen molar-refractivity contribution in [3.8, 4) is 5.75 Å². The molecule has 210 valence electrons. The van der Waals surface area contributed by atoms with Gasteiger partial charge in [0.15, 0.2) is 0 Å². The molecule has 2 amide bonds. The number of hydrogen-bond acceptors (Lipinski definition) is 5. The number of thioether (sulfide) groups is 1. The highest BCUT2D eigenvalue weighted by Gasteiger charge is 2.41. The van der Waals surface area contributed by atoms with E-state index in [9.17, 15) is 22.8 Å². The standard InChI is InChI=1S/C30H30F3N3O3S/c1-34-28(38)25(40-29(34)23-13-8-14-24(19-23)39-30(31,32)33)20-26(37)35-15-17-36(18-16-35)27(21-9-4-2-5-10-21)22-11-6-3-7-12-22/h2-14,19,25,27,29H,15-18,20H2,1H3. The zero-order valence-electron chi connectivity index (χ0n) is 22.0. The Balaban J connectivity index is 1.21. The molecule has 0 spiro atoms. The van der Waals surface area contributed by atoms with Gasteiger partial charge in [-0.1, -0.05) is 72.8 Å². The average molecular weight is 570 g/mol. The van der Waals surface area contributed by atoms with Gasteiger partial charge in [0, 0.05) is 39.6 Å². The van der Waals surface area contributed by atoms with Crippen LogP contribution >= 0.6 is 11.8 Å². The number of carbonyl (C=O) groups excluding carboxylic acids is 2. The van der Waals surface area contributed by atoms with Crippen LogP contribution in [0.2, 0.25) is 0 Å². The van der Waals surface area contributed by atoms with E-state index in [1.807, 2.05) is 41.3 Å². The number of halogens is 3. The monoisotopic (exact) mass is 569 g/mol. The zero-order chi connectivity index (χ0) is 28.3. The first-order valence-corrected chi connectivity index (χ1v) is 14.0. The van der Waals surface area contributed by atoms with Crippen LogP contribution in [0, 0.1) is 0 Å². The van der Waals surface area contributed by atoms with Crippen molar-refractivity contribution in [3.05, 3.63) is 102 Å². The van der Waals surface area contributed by atoms with Gasteiger partial charge in [-0.05, 0) is 28.8 Å². The van der Waals surface area contributed by atoms with Crippen molar-refractivity contribution in [2.75, 3.05) is 33.2 Å². The number of piperazine rings is 1. The quantitative estimate of drug-likeness (QED) is 0.377. The zero-order valence-corrected chi connectivity index (χ0v) is 22.8. The van der Waals surface area contributed by atoms with Crippen LogP contribution in [0.3, 0.4) is 0 Å². The fourth-order valence-electron chi connectivity index (χ4n) is 5.35. The second kappa shape index (κ2) is 11.9. The summed E-state index contributed by atoms with van der Waals surface area (Å²) in [5, 5.41) is -1.11. The average Bonchev–Trinajstić information content (AvgIpc) is 3.22. The number of carbonyl (C=O) groups is 2. The smallest absolute Gasteiger partial charge is 0.406 e. The molecule has 0 bridgehead atoms. The Bertz CT molecular complexity index is 1280. The Hall–Kier alpha value is -3.50. The normalized spacial score (nSPS) is 20.3. The van der Waals surface area contributed by atoms with Gasteiger partial charge in [-0.25, -0.2) is 0 Å². The SMILES string of the molecule is CN1C(=O)C(CC(=O)N2CCN(C(c3ccccc3)c3ccccc3)CC2)SC1c1cccc(OC(F)(F)F)c1. The molecule has 3 aromatic rings. The summed E-state index contributed by atoms with van der Waals surface area (Å²) in [7, 11) is 1.60. The van der Waals surface area contributed by atoms with E-state index < -0.39 is 17.0 Å². The van der Waals surface area contributed by atoms with E-state index in [4.69, 9.17) is 0 Å². The molecule has 40 heavy (non-hydrogen) atoms. The summed E-state index contributed by atoms with van der Waals surface area (Å²) >= 11 is 1.28. The Labute approximate surface area is 235 Å². The first-order valence-electron chi connectivity index (χ1n) is 13.1. The fourth-order valence-corrected chi connectivity index (χ4v) is 6.78. The summed E-state index contributed by atoms with van der Waals surface area (Å²) in [5.74, 6) is -0.643. The molecule has 6 nitrogen and oxygen atoms in total. The molecule has 2 saturated heterocycles. The lowest BCUT2D eigenvalue weighted by Crippen LogP contribution is -2.50. The van der Waals surface area contributed by atoms with Gasteiger partial charge in [-0.3, -0.25) is 14.5 Å². The number of alkyl halides is 3. The van der Waals surface area contributed by atoms with Gasteiger partial charge in [0.25, 0.3) is 0 Å². The molecule has 5 rings (SSSR count). The number of rotatable bonds is 7. The van der Waals surface area contributed by atoms with Crippen molar-refractivity contribution in [1.29, 1.82) is 0 Å². The molecule has 2 aliphatic rings. The summed E-state index contributed by atoms with van der Waals surface area (Å²) in [6.07, 6.45) is -4.76. The van der Waals surface area contributed by atoms with Gasteiger partial charge in [0.1, 0.15) is 11.1 Å². The third kappa shape index (κ3) is 6.45. The Morgan fingerprint density at radius 2 is 1.52 bits per heavy atom. The lowest BCUT2D eigenvalue weighted by molar-refractivity contribution is -0.274. The van der Waals surface area contributed by atoms with Crippen LogP contribution in [0.15, 0.2) is 84.9 Å². The molecule has 0 N–H and O–H groups in total. The molecule has 0 aromatic heterocycles. The largest absolute Gasteiger partial charge is 0.573 e. The molecule has 2 unspecified atom stereocenters. The number of nitrogens with zero attached hydrogens (tertiary/aromatic N) is 3. The summed E-state index contributed by atoms with van der Waals surface area (Å²) in [6.45, 7) is 2.49. The van der Waals surface area contributed by atoms with Gasteiger partial charge in [0.2, 0.25) is 11.8 Å². The highest BCUT2D eigenvalue weighted by Crippen LogP contribution is 2.44. The van der Waals surface area contributed by atoms with E-state index >= 15 is 0 Å². The predicted octanol–water partition coefficient (Wildman–Crippen LogP) is 5.48. The lowest BCUT2D eigenvalue weighted by Gasteiger charge is -2.40. The summed E-state index contributed by atoms with van der Waals surface area (Å²) in [6, 6.07) is 26.3. The Kier molecular flexibility index (Phi) is 8.37. The molecule has 2 aliphatic heterocycles.